The molecule has 9 heteroatoms. The number of carbonyl (C=O) groups excluding carboxylic acids is 1. The van der Waals surface area contributed by atoms with Crippen LogP contribution in [0.1, 0.15) is 30.1 Å². The fourth-order valence-corrected chi connectivity index (χ4v) is 4.19. The zero-order valence-electron chi connectivity index (χ0n) is 20.4. The number of amides is 1. The van der Waals surface area contributed by atoms with E-state index in [0.29, 0.717) is 23.4 Å². The Hall–Kier alpha value is -4.08. The molecule has 3 N–H and O–H groups in total. The van der Waals surface area contributed by atoms with E-state index >= 15 is 0 Å². The number of carbonyl (C=O) groups is 1. The molecule has 0 radical (unpaired) electrons. The van der Waals surface area contributed by atoms with Gasteiger partial charge in [0.25, 0.3) is 0 Å². The van der Waals surface area contributed by atoms with Crippen LogP contribution >= 0.6 is 0 Å². The average Bonchev–Trinajstić information content (AvgIpc) is 3.47. The number of ether oxygens (including phenoxy) is 2. The first kappa shape index (κ1) is 24.6. The van der Waals surface area contributed by atoms with E-state index in [2.05, 4.69) is 25.9 Å². The average molecular weight is 499 g/mol. The first-order valence-corrected chi connectivity index (χ1v) is 12.5. The van der Waals surface area contributed by atoms with E-state index in [4.69, 9.17) is 14.5 Å². The van der Waals surface area contributed by atoms with E-state index in [-0.39, 0.29) is 12.6 Å². The van der Waals surface area contributed by atoms with Gasteiger partial charge in [0.05, 0.1) is 0 Å². The molecule has 0 bridgehead atoms. The lowest BCUT2D eigenvalue weighted by molar-refractivity contribution is 0.155. The summed E-state index contributed by atoms with van der Waals surface area (Å²) in [6.07, 6.45) is 6.74. The first-order valence-electron chi connectivity index (χ1n) is 12.5. The molecular weight excluding hydrogens is 468 g/mol. The molecule has 2 aromatic carbocycles. The van der Waals surface area contributed by atoms with Crippen molar-refractivity contribution in [2.45, 2.75) is 37.7 Å². The van der Waals surface area contributed by atoms with Crippen LogP contribution in [0.5, 0.6) is 5.75 Å². The summed E-state index contributed by atoms with van der Waals surface area (Å²) < 4.78 is 11.5. The molecule has 3 unspecified atom stereocenters. The molecule has 1 aromatic heterocycles. The van der Waals surface area contributed by atoms with Gasteiger partial charge in [-0.05, 0) is 55.3 Å². The third kappa shape index (κ3) is 6.99. The Kier molecular flexibility index (Phi) is 8.14. The quantitative estimate of drug-likeness (QED) is 0.431. The summed E-state index contributed by atoms with van der Waals surface area (Å²) >= 11 is 0. The maximum Gasteiger partial charge on any atom is 0.411 e. The Morgan fingerprint density at radius 1 is 1.05 bits per heavy atom. The number of nitrogens with zero attached hydrogens (tertiary/aromatic N) is 3. The van der Waals surface area contributed by atoms with Crippen LogP contribution < -0.4 is 20.7 Å². The number of aromatic nitrogens is 1. The number of benzene rings is 2. The SMILES string of the molecule is O=C(Nc1ccc(OC2=NC(c3cccnc3)N=CC2NCC2CCCN2)cc1)OCc1ccccc1. The fraction of sp³-hybridized carbons (Fsp3) is 0.286. The number of aliphatic imine (C=N–C) groups is 2. The zero-order chi connectivity index (χ0) is 25.3. The summed E-state index contributed by atoms with van der Waals surface area (Å²) in [7, 11) is 0. The molecule has 0 spiro atoms. The van der Waals surface area contributed by atoms with E-state index in [9.17, 15) is 4.79 Å². The van der Waals surface area contributed by atoms with E-state index in [0.717, 1.165) is 30.6 Å². The third-order valence-electron chi connectivity index (χ3n) is 6.16. The minimum Gasteiger partial charge on any atom is -0.444 e. The van der Waals surface area contributed by atoms with Gasteiger partial charge in [-0.15, -0.1) is 0 Å². The van der Waals surface area contributed by atoms with Crippen molar-refractivity contribution in [2.24, 2.45) is 9.98 Å². The summed E-state index contributed by atoms with van der Waals surface area (Å²) in [5.74, 6) is 1.14. The van der Waals surface area contributed by atoms with Crippen LogP contribution in [0.4, 0.5) is 10.5 Å². The second-order valence-electron chi connectivity index (χ2n) is 8.92. The first-order chi connectivity index (χ1) is 18.2. The standard InChI is InChI=1S/C28H30N6O3/c35-28(36-19-20-6-2-1-3-7-20)33-22-10-12-24(13-11-22)37-27-25(31-17-23-9-5-15-30-23)18-32-26(34-27)21-8-4-14-29-16-21/h1-4,6-8,10-14,16,18,23,25-26,30-31H,5,9,15,17,19H2,(H,33,35). The van der Waals surface area contributed by atoms with Crippen LogP contribution in [0.3, 0.4) is 0 Å². The number of pyridine rings is 1. The van der Waals surface area contributed by atoms with Gasteiger partial charge in [0.2, 0.25) is 5.90 Å². The molecule has 37 heavy (non-hydrogen) atoms. The van der Waals surface area contributed by atoms with Gasteiger partial charge >= 0.3 is 6.09 Å². The molecule has 1 amide bonds. The highest BCUT2D eigenvalue weighted by Crippen LogP contribution is 2.23. The summed E-state index contributed by atoms with van der Waals surface area (Å²) in [6.45, 7) is 2.05. The van der Waals surface area contributed by atoms with Crippen LogP contribution in [0.25, 0.3) is 0 Å². The fourth-order valence-electron chi connectivity index (χ4n) is 4.19. The van der Waals surface area contributed by atoms with Gasteiger partial charge < -0.3 is 14.8 Å². The molecule has 190 valence electrons. The Labute approximate surface area is 216 Å². The van der Waals surface area contributed by atoms with Gasteiger partial charge in [-0.1, -0.05) is 36.4 Å². The van der Waals surface area contributed by atoms with Crippen molar-refractivity contribution in [3.05, 3.63) is 90.3 Å². The maximum atomic E-state index is 12.2. The second kappa shape index (κ2) is 12.2. The smallest absolute Gasteiger partial charge is 0.411 e. The molecular formula is C28H30N6O3. The van der Waals surface area contributed by atoms with Crippen molar-refractivity contribution in [3.8, 4) is 5.75 Å². The van der Waals surface area contributed by atoms with Crippen molar-refractivity contribution < 1.29 is 14.3 Å². The molecule has 3 heterocycles. The Balaban J connectivity index is 1.22. The highest BCUT2D eigenvalue weighted by Gasteiger charge is 2.25. The summed E-state index contributed by atoms with van der Waals surface area (Å²) in [6, 6.07) is 20.6. The van der Waals surface area contributed by atoms with Gasteiger partial charge in [0.15, 0.2) is 6.17 Å². The highest BCUT2D eigenvalue weighted by molar-refractivity contribution is 6.00. The maximum absolute atomic E-state index is 12.2. The molecule has 1 saturated heterocycles. The largest absolute Gasteiger partial charge is 0.444 e. The van der Waals surface area contributed by atoms with Crippen LogP contribution in [0.2, 0.25) is 0 Å². The Bertz CT molecular complexity index is 1210. The van der Waals surface area contributed by atoms with Crippen molar-refractivity contribution in [3.63, 3.8) is 0 Å². The van der Waals surface area contributed by atoms with Gasteiger partial charge in [-0.3, -0.25) is 20.6 Å². The van der Waals surface area contributed by atoms with Crippen LogP contribution in [0, 0.1) is 0 Å². The number of hydrogen-bond acceptors (Lipinski definition) is 8. The molecule has 3 aromatic rings. The van der Waals surface area contributed by atoms with Crippen LogP contribution in [0.15, 0.2) is 89.1 Å². The van der Waals surface area contributed by atoms with E-state index in [1.165, 1.54) is 6.42 Å². The lowest BCUT2D eigenvalue weighted by atomic mass is 10.1. The molecule has 1 fully saturated rings. The van der Waals surface area contributed by atoms with Crippen molar-refractivity contribution in [1.29, 1.82) is 0 Å². The van der Waals surface area contributed by atoms with Crippen molar-refractivity contribution in [1.82, 2.24) is 15.6 Å². The molecule has 9 nitrogen and oxygen atoms in total. The van der Waals surface area contributed by atoms with Gasteiger partial charge in [0.1, 0.15) is 18.4 Å². The third-order valence-corrected chi connectivity index (χ3v) is 6.16. The van der Waals surface area contributed by atoms with Crippen LogP contribution in [-0.2, 0) is 11.3 Å². The molecule has 5 rings (SSSR count). The molecule has 2 aliphatic heterocycles. The molecule has 0 saturated carbocycles. The predicted molar refractivity (Wildman–Crippen MR) is 143 cm³/mol. The topological polar surface area (TPSA) is 109 Å². The highest BCUT2D eigenvalue weighted by atomic mass is 16.5. The van der Waals surface area contributed by atoms with Crippen LogP contribution in [-0.4, -0.2) is 48.4 Å². The number of rotatable bonds is 8. The van der Waals surface area contributed by atoms with Gasteiger partial charge in [-0.2, -0.15) is 0 Å². The number of nitrogens with one attached hydrogen (secondary N) is 3. The molecule has 3 atom stereocenters. The normalized spacial score (nSPS) is 20.8. The Morgan fingerprint density at radius 2 is 1.92 bits per heavy atom. The van der Waals surface area contributed by atoms with E-state index < -0.39 is 12.3 Å². The summed E-state index contributed by atoms with van der Waals surface area (Å²) in [5.41, 5.74) is 2.42. The summed E-state index contributed by atoms with van der Waals surface area (Å²) in [5, 5.41) is 9.75. The number of hydrogen-bond donors (Lipinski definition) is 3. The van der Waals surface area contributed by atoms with E-state index in [1.54, 1.807) is 36.7 Å². The lowest BCUT2D eigenvalue weighted by Gasteiger charge is -2.24. The zero-order valence-corrected chi connectivity index (χ0v) is 20.4. The monoisotopic (exact) mass is 498 g/mol. The van der Waals surface area contributed by atoms with Gasteiger partial charge in [-0.25, -0.2) is 9.79 Å². The second-order valence-corrected chi connectivity index (χ2v) is 8.92. The minimum atomic E-state index is -0.519. The molecule has 0 aliphatic carbocycles. The molecule has 2 aliphatic rings. The van der Waals surface area contributed by atoms with Crippen molar-refractivity contribution >= 4 is 23.9 Å². The summed E-state index contributed by atoms with van der Waals surface area (Å²) in [4.78, 5) is 25.8. The predicted octanol–water partition coefficient (Wildman–Crippen LogP) is 4.10. The van der Waals surface area contributed by atoms with Crippen molar-refractivity contribution in [2.75, 3.05) is 18.4 Å². The lowest BCUT2D eigenvalue weighted by Crippen LogP contribution is -2.47. The van der Waals surface area contributed by atoms with Gasteiger partial charge in [0, 0.05) is 42.4 Å². The minimum absolute atomic E-state index is 0.206. The Morgan fingerprint density at radius 3 is 2.68 bits per heavy atom. The number of anilines is 1. The van der Waals surface area contributed by atoms with E-state index in [1.807, 2.05) is 48.7 Å².